The lowest BCUT2D eigenvalue weighted by molar-refractivity contribution is 0.684. The summed E-state index contributed by atoms with van der Waals surface area (Å²) in [5.74, 6) is 0.932. The Bertz CT molecular complexity index is 1370. The molecule has 1 aromatic carbocycles. The smallest absolute Gasteiger partial charge is 0.169 e. The highest BCUT2D eigenvalue weighted by Crippen LogP contribution is 2.32. The number of rotatable bonds is 4. The first-order chi connectivity index (χ1) is 14.2. The molecular formula is C20H17N7OS. The maximum atomic E-state index is 12.0. The Hall–Kier alpha value is -3.59. The molecule has 1 atom stereocenters. The fourth-order valence-corrected chi connectivity index (χ4v) is 4.10. The summed E-state index contributed by atoms with van der Waals surface area (Å²) in [6.07, 6.45) is 5.02. The number of benzene rings is 1. The third kappa shape index (κ3) is 2.87. The molecule has 8 nitrogen and oxygen atoms in total. The molecule has 4 heterocycles. The topological polar surface area (TPSA) is 115 Å². The van der Waals surface area contributed by atoms with Crippen molar-refractivity contribution in [1.29, 1.82) is 0 Å². The number of pyridine rings is 1. The van der Waals surface area contributed by atoms with Crippen LogP contribution in [0, 0.1) is 0 Å². The van der Waals surface area contributed by atoms with E-state index in [9.17, 15) is 4.21 Å². The first kappa shape index (κ1) is 17.5. The summed E-state index contributed by atoms with van der Waals surface area (Å²) in [5.41, 5.74) is 9.88. The number of nitrogens with one attached hydrogen (secondary N) is 1. The van der Waals surface area contributed by atoms with Gasteiger partial charge in [-0.05, 0) is 36.4 Å². The van der Waals surface area contributed by atoms with Gasteiger partial charge >= 0.3 is 0 Å². The number of aromatic amines is 1. The van der Waals surface area contributed by atoms with E-state index in [1.807, 2.05) is 49.5 Å². The normalized spacial score (nSPS) is 12.6. The average molecular weight is 403 g/mol. The van der Waals surface area contributed by atoms with Gasteiger partial charge in [0.2, 0.25) is 0 Å². The highest BCUT2D eigenvalue weighted by atomic mass is 32.2. The molecule has 1 unspecified atom stereocenters. The van der Waals surface area contributed by atoms with E-state index in [0.717, 1.165) is 27.2 Å². The summed E-state index contributed by atoms with van der Waals surface area (Å²) in [4.78, 5) is 16.9. The molecule has 29 heavy (non-hydrogen) atoms. The number of nitrogens with two attached hydrogens (primary N) is 1. The SMILES string of the molecule is CCS(=O)c1ccc(-n2nc(-c3cnc4[nH]ccc4c3)c3c(N)ncnc32)cc1. The monoisotopic (exact) mass is 403 g/mol. The zero-order chi connectivity index (χ0) is 20.0. The van der Waals surface area contributed by atoms with Gasteiger partial charge in [-0.2, -0.15) is 5.10 Å². The number of hydrogen-bond acceptors (Lipinski definition) is 6. The molecule has 144 valence electrons. The summed E-state index contributed by atoms with van der Waals surface area (Å²) in [6.45, 7) is 1.90. The Morgan fingerprint density at radius 3 is 2.76 bits per heavy atom. The standard InChI is InChI=1S/C20H17N7OS/c1-2-29(28)15-5-3-14(4-6-15)27-20-16(18(21)24-11-25-20)17(26-27)13-9-12-7-8-22-19(12)23-10-13/h3-11H,2H2,1H3,(H,22,23)(H2,21,24,25). The summed E-state index contributed by atoms with van der Waals surface area (Å²) < 4.78 is 13.8. The molecule has 0 radical (unpaired) electrons. The summed E-state index contributed by atoms with van der Waals surface area (Å²) in [5, 5.41) is 6.44. The van der Waals surface area contributed by atoms with Gasteiger partial charge in [-0.1, -0.05) is 6.92 Å². The third-order valence-electron chi connectivity index (χ3n) is 4.77. The number of fused-ring (bicyclic) bond motifs is 2. The van der Waals surface area contributed by atoms with Crippen LogP contribution in [-0.2, 0) is 10.8 Å². The van der Waals surface area contributed by atoms with Gasteiger partial charge in [-0.3, -0.25) is 4.21 Å². The second kappa shape index (κ2) is 6.78. The fourth-order valence-electron chi connectivity index (χ4n) is 3.33. The molecule has 5 rings (SSSR count). The molecule has 0 fully saturated rings. The van der Waals surface area contributed by atoms with Crippen LogP contribution < -0.4 is 5.73 Å². The fraction of sp³-hybridized carbons (Fsp3) is 0.100. The Labute approximate surface area is 168 Å². The minimum absolute atomic E-state index is 0.356. The molecule has 0 bridgehead atoms. The van der Waals surface area contributed by atoms with Crippen molar-refractivity contribution in [2.45, 2.75) is 11.8 Å². The van der Waals surface area contributed by atoms with E-state index >= 15 is 0 Å². The molecule has 0 spiro atoms. The van der Waals surface area contributed by atoms with Gasteiger partial charge in [-0.15, -0.1) is 0 Å². The lowest BCUT2D eigenvalue weighted by Gasteiger charge is -2.04. The van der Waals surface area contributed by atoms with Crippen LogP contribution in [-0.4, -0.2) is 39.7 Å². The van der Waals surface area contributed by atoms with Gasteiger partial charge in [0.25, 0.3) is 0 Å². The Morgan fingerprint density at radius 1 is 1.14 bits per heavy atom. The van der Waals surface area contributed by atoms with Crippen molar-refractivity contribution in [1.82, 2.24) is 29.7 Å². The van der Waals surface area contributed by atoms with Crippen molar-refractivity contribution in [2.75, 3.05) is 11.5 Å². The predicted molar refractivity (Wildman–Crippen MR) is 113 cm³/mol. The van der Waals surface area contributed by atoms with Crippen LogP contribution in [0.3, 0.4) is 0 Å². The van der Waals surface area contributed by atoms with Crippen molar-refractivity contribution in [3.63, 3.8) is 0 Å². The van der Waals surface area contributed by atoms with E-state index in [1.54, 1.807) is 10.9 Å². The molecule has 4 aromatic heterocycles. The van der Waals surface area contributed by atoms with Crippen molar-refractivity contribution in [3.05, 3.63) is 55.1 Å². The quantitative estimate of drug-likeness (QED) is 0.476. The predicted octanol–water partition coefficient (Wildman–Crippen LogP) is 3.07. The van der Waals surface area contributed by atoms with Crippen molar-refractivity contribution < 1.29 is 4.21 Å². The first-order valence-corrected chi connectivity index (χ1v) is 10.4. The average Bonchev–Trinajstić information content (AvgIpc) is 3.38. The minimum atomic E-state index is -1.01. The Kier molecular flexibility index (Phi) is 4.09. The molecule has 0 saturated heterocycles. The maximum absolute atomic E-state index is 12.0. The molecule has 0 aliphatic heterocycles. The van der Waals surface area contributed by atoms with E-state index in [2.05, 4.69) is 19.9 Å². The third-order valence-corrected chi connectivity index (χ3v) is 6.10. The van der Waals surface area contributed by atoms with Gasteiger partial charge in [0, 0.05) is 34.0 Å². The van der Waals surface area contributed by atoms with Crippen molar-refractivity contribution >= 4 is 38.7 Å². The zero-order valence-corrected chi connectivity index (χ0v) is 16.3. The molecule has 0 aliphatic rings. The number of H-pyrrole nitrogens is 1. The molecule has 0 saturated carbocycles. The van der Waals surface area contributed by atoms with Crippen LogP contribution in [0.1, 0.15) is 6.92 Å². The van der Waals surface area contributed by atoms with Gasteiger partial charge < -0.3 is 10.7 Å². The highest BCUT2D eigenvalue weighted by molar-refractivity contribution is 7.85. The van der Waals surface area contributed by atoms with Crippen LogP contribution in [0.2, 0.25) is 0 Å². The second-order valence-electron chi connectivity index (χ2n) is 6.49. The Balaban J connectivity index is 1.71. The Morgan fingerprint density at radius 2 is 1.97 bits per heavy atom. The number of nitrogens with zero attached hydrogens (tertiary/aromatic N) is 5. The molecule has 3 N–H and O–H groups in total. The molecule has 0 aliphatic carbocycles. The van der Waals surface area contributed by atoms with E-state index in [0.29, 0.717) is 28.3 Å². The van der Waals surface area contributed by atoms with E-state index in [4.69, 9.17) is 10.8 Å². The van der Waals surface area contributed by atoms with Gasteiger partial charge in [0.15, 0.2) is 5.65 Å². The van der Waals surface area contributed by atoms with E-state index < -0.39 is 10.8 Å². The minimum Gasteiger partial charge on any atom is -0.383 e. The molecule has 5 aromatic rings. The zero-order valence-electron chi connectivity index (χ0n) is 15.5. The summed E-state index contributed by atoms with van der Waals surface area (Å²) in [6, 6.07) is 11.4. The van der Waals surface area contributed by atoms with Crippen LogP contribution in [0.5, 0.6) is 0 Å². The van der Waals surface area contributed by atoms with Crippen molar-refractivity contribution in [2.24, 2.45) is 0 Å². The van der Waals surface area contributed by atoms with Crippen LogP contribution in [0.4, 0.5) is 5.82 Å². The van der Waals surface area contributed by atoms with E-state index in [-0.39, 0.29) is 0 Å². The number of hydrogen-bond donors (Lipinski definition) is 2. The van der Waals surface area contributed by atoms with Gasteiger partial charge in [-0.25, -0.2) is 19.6 Å². The van der Waals surface area contributed by atoms with Crippen LogP contribution >= 0.6 is 0 Å². The number of nitrogen functional groups attached to an aromatic ring is 1. The van der Waals surface area contributed by atoms with Gasteiger partial charge in [0.1, 0.15) is 23.5 Å². The van der Waals surface area contributed by atoms with Crippen LogP contribution in [0.15, 0.2) is 60.0 Å². The first-order valence-electron chi connectivity index (χ1n) is 9.07. The second-order valence-corrected chi connectivity index (χ2v) is 8.23. The number of aromatic nitrogens is 6. The van der Waals surface area contributed by atoms with Gasteiger partial charge in [0.05, 0.1) is 21.9 Å². The lowest BCUT2D eigenvalue weighted by Crippen LogP contribution is -2.00. The van der Waals surface area contributed by atoms with Crippen LogP contribution in [0.25, 0.3) is 39.0 Å². The molecule has 9 heteroatoms. The van der Waals surface area contributed by atoms with Crippen molar-refractivity contribution in [3.8, 4) is 16.9 Å². The molecule has 0 amide bonds. The summed E-state index contributed by atoms with van der Waals surface area (Å²) >= 11 is 0. The number of anilines is 1. The largest absolute Gasteiger partial charge is 0.383 e. The maximum Gasteiger partial charge on any atom is 0.169 e. The summed E-state index contributed by atoms with van der Waals surface area (Å²) in [7, 11) is -1.01. The lowest BCUT2D eigenvalue weighted by atomic mass is 10.1. The molecular weight excluding hydrogens is 386 g/mol. The van der Waals surface area contributed by atoms with E-state index in [1.165, 1.54) is 6.33 Å². The highest BCUT2D eigenvalue weighted by Gasteiger charge is 2.19.